The molecule has 0 aliphatic rings. The highest BCUT2D eigenvalue weighted by molar-refractivity contribution is 5.77. The maximum absolute atomic E-state index is 10.7. The minimum atomic E-state index is -0.937. The van der Waals surface area contributed by atoms with Crippen LogP contribution in [-0.2, 0) is 11.8 Å². The van der Waals surface area contributed by atoms with Crippen molar-refractivity contribution in [2.24, 2.45) is 7.05 Å². The summed E-state index contributed by atoms with van der Waals surface area (Å²) in [5.41, 5.74) is 2.55. The van der Waals surface area contributed by atoms with Crippen molar-refractivity contribution >= 4 is 17.0 Å². The Morgan fingerprint density at radius 3 is 2.85 bits per heavy atom. The second-order valence-electron chi connectivity index (χ2n) is 4.95. The molecular weight excluding hydrogens is 258 g/mol. The largest absolute Gasteiger partial charge is 0.480 e. The van der Waals surface area contributed by atoms with E-state index in [-0.39, 0.29) is 6.54 Å². The number of imidazole rings is 1. The van der Waals surface area contributed by atoms with Crippen LogP contribution in [0.1, 0.15) is 24.4 Å². The maximum atomic E-state index is 10.7. The van der Waals surface area contributed by atoms with Crippen LogP contribution < -0.4 is 5.32 Å². The number of aromatic nitrogens is 2. The summed E-state index contributed by atoms with van der Waals surface area (Å²) in [4.78, 5) is 15.1. The van der Waals surface area contributed by atoms with E-state index in [2.05, 4.69) is 10.3 Å². The van der Waals surface area contributed by atoms with E-state index in [4.69, 9.17) is 5.11 Å². The standard InChI is InChI=1S/C14H19N3O3/c1-8(14(19)20)15-7-13(18)10-4-5-12-11(6-10)16-9(2)17(12)3/h4-6,8,13,15,18H,7H2,1-3H3,(H,19,20). The van der Waals surface area contributed by atoms with Gasteiger partial charge < -0.3 is 20.1 Å². The van der Waals surface area contributed by atoms with Crippen molar-refractivity contribution in [1.29, 1.82) is 0 Å². The van der Waals surface area contributed by atoms with Crippen molar-refractivity contribution in [3.63, 3.8) is 0 Å². The van der Waals surface area contributed by atoms with E-state index in [1.165, 1.54) is 0 Å². The molecule has 20 heavy (non-hydrogen) atoms. The Balaban J connectivity index is 2.14. The summed E-state index contributed by atoms with van der Waals surface area (Å²) in [5.74, 6) is -0.0303. The minimum Gasteiger partial charge on any atom is -0.480 e. The summed E-state index contributed by atoms with van der Waals surface area (Å²) in [6.45, 7) is 3.65. The number of nitrogens with zero attached hydrogens (tertiary/aromatic N) is 2. The van der Waals surface area contributed by atoms with Crippen LogP contribution in [0.2, 0.25) is 0 Å². The Morgan fingerprint density at radius 2 is 2.20 bits per heavy atom. The summed E-state index contributed by atoms with van der Waals surface area (Å²) in [5, 5.41) is 21.6. The molecule has 0 aliphatic heterocycles. The van der Waals surface area contributed by atoms with Crippen molar-refractivity contribution in [2.75, 3.05) is 6.54 Å². The van der Waals surface area contributed by atoms with Crippen molar-refractivity contribution in [3.8, 4) is 0 Å². The number of aliphatic hydroxyl groups is 1. The molecule has 1 aromatic heterocycles. The first-order chi connectivity index (χ1) is 9.40. The van der Waals surface area contributed by atoms with Gasteiger partial charge in [0.1, 0.15) is 11.9 Å². The highest BCUT2D eigenvalue weighted by atomic mass is 16.4. The predicted octanol–water partition coefficient (Wildman–Crippen LogP) is 0.978. The van der Waals surface area contributed by atoms with Crippen LogP contribution in [0, 0.1) is 6.92 Å². The molecule has 1 aromatic carbocycles. The third-order valence-electron chi connectivity index (χ3n) is 3.50. The molecule has 2 atom stereocenters. The fourth-order valence-electron chi connectivity index (χ4n) is 2.04. The van der Waals surface area contributed by atoms with Crippen LogP contribution >= 0.6 is 0 Å². The molecule has 2 unspecified atom stereocenters. The van der Waals surface area contributed by atoms with Gasteiger partial charge >= 0.3 is 5.97 Å². The van der Waals surface area contributed by atoms with E-state index >= 15 is 0 Å². The first kappa shape index (κ1) is 14.5. The van der Waals surface area contributed by atoms with Crippen molar-refractivity contribution in [1.82, 2.24) is 14.9 Å². The number of aliphatic carboxylic acids is 1. The van der Waals surface area contributed by atoms with Crippen LogP contribution in [0.25, 0.3) is 11.0 Å². The number of aryl methyl sites for hydroxylation is 2. The molecule has 0 spiro atoms. The van der Waals surface area contributed by atoms with E-state index in [1.54, 1.807) is 6.92 Å². The van der Waals surface area contributed by atoms with Crippen LogP contribution in [0.3, 0.4) is 0 Å². The van der Waals surface area contributed by atoms with Gasteiger partial charge in [-0.2, -0.15) is 0 Å². The summed E-state index contributed by atoms with van der Waals surface area (Å²) in [7, 11) is 1.94. The first-order valence-electron chi connectivity index (χ1n) is 6.47. The van der Waals surface area contributed by atoms with Gasteiger partial charge in [-0.05, 0) is 31.5 Å². The molecule has 0 amide bonds. The van der Waals surface area contributed by atoms with E-state index in [9.17, 15) is 9.90 Å². The summed E-state index contributed by atoms with van der Waals surface area (Å²) in [6, 6.07) is 4.89. The van der Waals surface area contributed by atoms with Crippen LogP contribution in [0.15, 0.2) is 18.2 Å². The molecule has 6 nitrogen and oxygen atoms in total. The lowest BCUT2D eigenvalue weighted by atomic mass is 10.1. The summed E-state index contributed by atoms with van der Waals surface area (Å²) < 4.78 is 1.98. The number of fused-ring (bicyclic) bond motifs is 1. The normalized spacial score (nSPS) is 14.4. The van der Waals surface area contributed by atoms with Crippen LogP contribution in [0.5, 0.6) is 0 Å². The van der Waals surface area contributed by atoms with Crippen LogP contribution in [0.4, 0.5) is 0 Å². The molecule has 2 rings (SSSR count). The van der Waals surface area contributed by atoms with Gasteiger partial charge in [-0.15, -0.1) is 0 Å². The second-order valence-corrected chi connectivity index (χ2v) is 4.95. The molecule has 0 bridgehead atoms. The molecule has 0 radical (unpaired) electrons. The molecular formula is C14H19N3O3. The zero-order valence-electron chi connectivity index (χ0n) is 11.8. The smallest absolute Gasteiger partial charge is 0.320 e. The number of aliphatic hydroxyl groups excluding tert-OH is 1. The predicted molar refractivity (Wildman–Crippen MR) is 75.5 cm³/mol. The van der Waals surface area contributed by atoms with Gasteiger partial charge in [0.2, 0.25) is 0 Å². The molecule has 108 valence electrons. The Kier molecular flexibility index (Phi) is 4.06. The Labute approximate surface area is 117 Å². The first-order valence-corrected chi connectivity index (χ1v) is 6.47. The number of benzene rings is 1. The van der Waals surface area contributed by atoms with Gasteiger partial charge in [0, 0.05) is 13.6 Å². The third-order valence-corrected chi connectivity index (χ3v) is 3.50. The average Bonchev–Trinajstić information content (AvgIpc) is 2.70. The van der Waals surface area contributed by atoms with E-state index in [0.29, 0.717) is 0 Å². The zero-order chi connectivity index (χ0) is 14.9. The summed E-state index contributed by atoms with van der Waals surface area (Å²) >= 11 is 0. The molecule has 0 fully saturated rings. The van der Waals surface area contributed by atoms with E-state index in [1.807, 2.05) is 36.7 Å². The quantitative estimate of drug-likeness (QED) is 0.758. The van der Waals surface area contributed by atoms with Crippen molar-refractivity contribution in [3.05, 3.63) is 29.6 Å². The minimum absolute atomic E-state index is 0.185. The highest BCUT2D eigenvalue weighted by Gasteiger charge is 2.15. The lowest BCUT2D eigenvalue weighted by Crippen LogP contribution is -2.36. The molecule has 0 saturated carbocycles. The van der Waals surface area contributed by atoms with Gasteiger partial charge in [0.05, 0.1) is 17.1 Å². The van der Waals surface area contributed by atoms with Gasteiger partial charge in [-0.25, -0.2) is 4.98 Å². The molecule has 2 aromatic rings. The fourth-order valence-corrected chi connectivity index (χ4v) is 2.04. The third kappa shape index (κ3) is 2.81. The van der Waals surface area contributed by atoms with E-state index < -0.39 is 18.1 Å². The van der Waals surface area contributed by atoms with Gasteiger partial charge in [-0.1, -0.05) is 6.07 Å². The Hall–Kier alpha value is -1.92. The van der Waals surface area contributed by atoms with Crippen molar-refractivity contribution < 1.29 is 15.0 Å². The number of carbonyl (C=O) groups is 1. The number of carboxylic acids is 1. The van der Waals surface area contributed by atoms with Gasteiger partial charge in [0.25, 0.3) is 0 Å². The molecule has 0 aliphatic carbocycles. The number of carboxylic acid groups (broad SMARTS) is 1. The lowest BCUT2D eigenvalue weighted by Gasteiger charge is -2.14. The topological polar surface area (TPSA) is 87.4 Å². The number of rotatable bonds is 5. The molecule has 6 heteroatoms. The van der Waals surface area contributed by atoms with Gasteiger partial charge in [-0.3, -0.25) is 4.79 Å². The number of hydrogen-bond donors (Lipinski definition) is 3. The van der Waals surface area contributed by atoms with Crippen LogP contribution in [-0.4, -0.2) is 38.3 Å². The average molecular weight is 277 g/mol. The SMILES string of the molecule is Cc1nc2cc(C(O)CNC(C)C(=O)O)ccc2n1C. The fraction of sp³-hybridized carbons (Fsp3) is 0.429. The highest BCUT2D eigenvalue weighted by Crippen LogP contribution is 2.20. The van der Waals surface area contributed by atoms with Crippen molar-refractivity contribution in [2.45, 2.75) is 26.0 Å². The molecule has 3 N–H and O–H groups in total. The maximum Gasteiger partial charge on any atom is 0.320 e. The van der Waals surface area contributed by atoms with E-state index in [0.717, 1.165) is 22.4 Å². The molecule has 0 saturated heterocycles. The second kappa shape index (κ2) is 5.60. The Bertz CT molecular complexity index is 636. The Morgan fingerprint density at radius 1 is 1.50 bits per heavy atom. The zero-order valence-corrected chi connectivity index (χ0v) is 11.8. The lowest BCUT2D eigenvalue weighted by molar-refractivity contribution is -0.139. The molecule has 1 heterocycles. The number of hydrogen-bond acceptors (Lipinski definition) is 4. The number of nitrogens with one attached hydrogen (secondary N) is 1. The monoisotopic (exact) mass is 277 g/mol. The summed E-state index contributed by atoms with van der Waals surface area (Å²) in [6.07, 6.45) is -0.761. The van der Waals surface area contributed by atoms with Gasteiger partial charge in [0.15, 0.2) is 0 Å².